The molecule has 208 valence electrons. The molecule has 39 heavy (non-hydrogen) atoms. The summed E-state index contributed by atoms with van der Waals surface area (Å²) in [5, 5.41) is 51.5. The first-order valence-corrected chi connectivity index (χ1v) is 13.0. The van der Waals surface area contributed by atoms with Crippen LogP contribution < -0.4 is 26.0 Å². The van der Waals surface area contributed by atoms with Crippen LogP contribution in [0.1, 0.15) is 49.0 Å². The quantitative estimate of drug-likeness (QED) is 0.157. The lowest BCUT2D eigenvalue weighted by molar-refractivity contribution is -0.232. The van der Waals surface area contributed by atoms with Gasteiger partial charge in [-0.15, -0.1) is 0 Å². The molecule has 14 heteroatoms. The maximum Gasteiger partial charge on any atom is 0.255 e. The van der Waals surface area contributed by atoms with Crippen LogP contribution in [0.2, 0.25) is 0 Å². The predicted octanol–water partition coefficient (Wildman–Crippen LogP) is -1.91. The van der Waals surface area contributed by atoms with Crippen molar-refractivity contribution in [3.8, 4) is 5.75 Å². The van der Waals surface area contributed by atoms with Crippen molar-refractivity contribution < 1.29 is 29.3 Å². The summed E-state index contributed by atoms with van der Waals surface area (Å²) < 4.78 is 5.87. The fraction of sp³-hybridized carbons (Fsp3) is 0.560. The summed E-state index contributed by atoms with van der Waals surface area (Å²) in [5.74, 6) is -3.92. The zero-order valence-corrected chi connectivity index (χ0v) is 21.6. The van der Waals surface area contributed by atoms with E-state index in [2.05, 4.69) is 35.1 Å². The molecule has 3 amide bonds. The molecule has 1 spiro atoms. The summed E-state index contributed by atoms with van der Waals surface area (Å²) in [6.45, 7) is 4.29. The van der Waals surface area contributed by atoms with Crippen LogP contribution in [0.25, 0.3) is 0 Å². The zero-order chi connectivity index (χ0) is 27.9. The molecule has 5 aliphatic heterocycles. The molecule has 5 heterocycles. The molecule has 0 aromatic heterocycles. The fourth-order valence-electron chi connectivity index (χ4n) is 6.54. The lowest BCUT2D eigenvalue weighted by atomic mass is 9.79. The van der Waals surface area contributed by atoms with Crippen LogP contribution in [-0.2, 0) is 15.0 Å². The van der Waals surface area contributed by atoms with Gasteiger partial charge < -0.3 is 41.1 Å². The number of aliphatic hydroxyl groups is 2. The van der Waals surface area contributed by atoms with E-state index in [4.69, 9.17) is 15.6 Å². The highest BCUT2D eigenvalue weighted by Gasteiger charge is 2.74. The average molecular weight is 541 g/mol. The topological polar surface area (TPSA) is 203 Å². The number of nitrogens with one attached hydrogen (secondary N) is 6. The standard InChI is InChI=1S/C25H32N8O6/c1-23(2)8-9-39-18-12(4-3-5-13(18)23)20(36)29-15-11-33-22(27)28-14(10-32-16(34)6-7-17(32)35)19-24(33,25(15,37)38)31-21(26)30-19/h3-5,14-15,19,37-38H,6-11H2,1-2H3,(H2,27,28)(H,29,36)(H3,26,30,31)/t14-,15?,19?,24?/m1/s1. The van der Waals surface area contributed by atoms with Gasteiger partial charge in [0.25, 0.3) is 5.91 Å². The molecule has 6 rings (SSSR count). The molecule has 4 fully saturated rings. The number of carbonyl (C=O) groups excluding carboxylic acids is 3. The number of nitrogens with zero attached hydrogens (tertiary/aromatic N) is 2. The molecular formula is C25H32N8O6. The number of imide groups is 1. The van der Waals surface area contributed by atoms with Crippen molar-refractivity contribution in [3.05, 3.63) is 29.3 Å². The maximum atomic E-state index is 13.5. The SMILES string of the molecule is CC1(C)CCOc2c(C(=O)NC3CN4C(=N)N[C@H](CN5C(=O)CCC5=O)C5NC(=N)NC54C3(O)O)cccc21. The van der Waals surface area contributed by atoms with Crippen molar-refractivity contribution in [1.82, 2.24) is 31.1 Å². The molecule has 1 aromatic rings. The molecule has 5 aliphatic rings. The minimum Gasteiger partial charge on any atom is -0.492 e. The summed E-state index contributed by atoms with van der Waals surface area (Å²) in [6.07, 6.45) is 0.974. The van der Waals surface area contributed by atoms with E-state index in [9.17, 15) is 24.6 Å². The molecule has 4 saturated heterocycles. The molecule has 1 aromatic carbocycles. The summed E-state index contributed by atoms with van der Waals surface area (Å²) in [6, 6.07) is 2.23. The lowest BCUT2D eigenvalue weighted by Gasteiger charge is -2.51. The third kappa shape index (κ3) is 3.50. The first kappa shape index (κ1) is 25.4. The number of fused-ring (bicyclic) bond motifs is 1. The number of rotatable bonds is 4. The Morgan fingerprint density at radius 3 is 2.62 bits per heavy atom. The normalized spacial score (nSPS) is 31.9. The molecule has 0 saturated carbocycles. The number of hydrogen-bond donors (Lipinski definition) is 8. The first-order chi connectivity index (χ1) is 18.4. The van der Waals surface area contributed by atoms with Gasteiger partial charge in [0, 0.05) is 24.9 Å². The van der Waals surface area contributed by atoms with E-state index in [1.54, 1.807) is 12.1 Å². The van der Waals surface area contributed by atoms with Crippen molar-refractivity contribution in [1.29, 1.82) is 10.8 Å². The van der Waals surface area contributed by atoms with Gasteiger partial charge in [0.2, 0.25) is 17.6 Å². The number of hydrogen-bond acceptors (Lipinski definition) is 8. The molecule has 0 aliphatic carbocycles. The molecular weight excluding hydrogens is 508 g/mol. The van der Waals surface area contributed by atoms with E-state index in [1.807, 2.05) is 6.07 Å². The van der Waals surface area contributed by atoms with Gasteiger partial charge in [-0.3, -0.25) is 30.1 Å². The van der Waals surface area contributed by atoms with Crippen molar-refractivity contribution in [2.24, 2.45) is 0 Å². The highest BCUT2D eigenvalue weighted by molar-refractivity contribution is 6.02. The van der Waals surface area contributed by atoms with E-state index in [0.717, 1.165) is 16.9 Å². The Kier molecular flexibility index (Phi) is 5.40. The number of carbonyl (C=O) groups is 3. The van der Waals surface area contributed by atoms with Gasteiger partial charge in [-0.05, 0) is 17.9 Å². The van der Waals surface area contributed by atoms with E-state index in [0.29, 0.717) is 12.4 Å². The Hall–Kier alpha value is -3.91. The fourth-order valence-corrected chi connectivity index (χ4v) is 6.54. The number of benzene rings is 1. The van der Waals surface area contributed by atoms with Crippen LogP contribution in [0, 0.1) is 10.8 Å². The number of likely N-dealkylation sites (tertiary alicyclic amines) is 1. The minimum absolute atomic E-state index is 0.0918. The summed E-state index contributed by atoms with van der Waals surface area (Å²) in [7, 11) is 0. The summed E-state index contributed by atoms with van der Waals surface area (Å²) >= 11 is 0. The second-order valence-corrected chi connectivity index (χ2v) is 11.4. The van der Waals surface area contributed by atoms with Gasteiger partial charge >= 0.3 is 0 Å². The Morgan fingerprint density at radius 1 is 1.18 bits per heavy atom. The molecule has 14 nitrogen and oxygen atoms in total. The Balaban J connectivity index is 1.31. The smallest absolute Gasteiger partial charge is 0.255 e. The van der Waals surface area contributed by atoms with Gasteiger partial charge in [0.1, 0.15) is 11.8 Å². The number of ether oxygens (including phenoxy) is 1. The largest absolute Gasteiger partial charge is 0.492 e. The second-order valence-electron chi connectivity index (χ2n) is 11.4. The maximum absolute atomic E-state index is 13.5. The summed E-state index contributed by atoms with van der Waals surface area (Å²) in [4.78, 5) is 40.5. The van der Waals surface area contributed by atoms with Gasteiger partial charge in [-0.25, -0.2) is 0 Å². The zero-order valence-electron chi connectivity index (χ0n) is 21.6. The number of amides is 3. The van der Waals surface area contributed by atoms with E-state index < -0.39 is 35.5 Å². The highest BCUT2D eigenvalue weighted by Crippen LogP contribution is 2.44. The van der Waals surface area contributed by atoms with Gasteiger partial charge in [0.05, 0.1) is 30.8 Å². The average Bonchev–Trinajstić information content (AvgIpc) is 3.46. The first-order valence-electron chi connectivity index (χ1n) is 13.0. The van der Waals surface area contributed by atoms with Crippen LogP contribution in [0.3, 0.4) is 0 Å². The molecule has 0 radical (unpaired) electrons. The van der Waals surface area contributed by atoms with Gasteiger partial charge in [-0.1, -0.05) is 26.0 Å². The van der Waals surface area contributed by atoms with Gasteiger partial charge in [0.15, 0.2) is 17.6 Å². The molecule has 8 N–H and O–H groups in total. The van der Waals surface area contributed by atoms with Crippen LogP contribution in [0.15, 0.2) is 18.2 Å². The Bertz CT molecular complexity index is 1300. The highest BCUT2D eigenvalue weighted by atomic mass is 16.5. The van der Waals surface area contributed by atoms with Crippen LogP contribution in [-0.4, -0.2) is 98.9 Å². The monoisotopic (exact) mass is 540 g/mol. The van der Waals surface area contributed by atoms with Crippen molar-refractivity contribution in [2.75, 3.05) is 19.7 Å². The molecule has 4 atom stereocenters. The second kappa shape index (κ2) is 8.29. The third-order valence-electron chi connectivity index (χ3n) is 8.70. The van der Waals surface area contributed by atoms with E-state index in [-0.39, 0.29) is 60.6 Å². The minimum atomic E-state index is -2.68. The van der Waals surface area contributed by atoms with Crippen LogP contribution >= 0.6 is 0 Å². The number of guanidine groups is 2. The van der Waals surface area contributed by atoms with Gasteiger partial charge in [-0.2, -0.15) is 0 Å². The lowest BCUT2D eigenvalue weighted by Crippen LogP contribution is -2.81. The van der Waals surface area contributed by atoms with Crippen molar-refractivity contribution in [3.63, 3.8) is 0 Å². The van der Waals surface area contributed by atoms with E-state index >= 15 is 0 Å². The number of para-hydroxylation sites is 1. The predicted molar refractivity (Wildman–Crippen MR) is 136 cm³/mol. The van der Waals surface area contributed by atoms with E-state index in [1.165, 1.54) is 4.90 Å². The molecule has 3 unspecified atom stereocenters. The van der Waals surface area contributed by atoms with Crippen molar-refractivity contribution in [2.45, 2.75) is 68.1 Å². The Labute approximate surface area is 224 Å². The third-order valence-corrected chi connectivity index (χ3v) is 8.70. The van der Waals surface area contributed by atoms with Crippen molar-refractivity contribution >= 4 is 29.6 Å². The Morgan fingerprint density at radius 2 is 1.90 bits per heavy atom. The van der Waals surface area contributed by atoms with Crippen LogP contribution in [0.4, 0.5) is 0 Å². The summed E-state index contributed by atoms with van der Waals surface area (Å²) in [5.41, 5.74) is -0.888. The molecule has 0 bridgehead atoms. The van der Waals surface area contributed by atoms with Crippen LogP contribution in [0.5, 0.6) is 5.75 Å².